The zero-order valence-electron chi connectivity index (χ0n) is 30.2. The fourth-order valence-electron chi connectivity index (χ4n) is 6.82. The van der Waals surface area contributed by atoms with Crippen LogP contribution in [0.5, 0.6) is 46.0 Å². The Kier molecular flexibility index (Phi) is 11.8. The highest BCUT2D eigenvalue weighted by molar-refractivity contribution is 5.72. The smallest absolute Gasteiger partial charge is 0.229 e. The minimum Gasteiger partial charge on any atom is -0.508 e. The van der Waals surface area contributed by atoms with Crippen LogP contribution in [0.1, 0.15) is 34.5 Å². The van der Waals surface area contributed by atoms with Crippen LogP contribution in [0.3, 0.4) is 0 Å². The van der Waals surface area contributed by atoms with Gasteiger partial charge in [0, 0.05) is 23.3 Å². The molecule has 2 fully saturated rings. The molecule has 3 heterocycles. The highest BCUT2D eigenvalue weighted by atomic mass is 16.7. The fourth-order valence-corrected chi connectivity index (χ4v) is 6.82. The first-order valence-electron chi connectivity index (χ1n) is 18.0. The number of rotatable bonds is 10. The maximum Gasteiger partial charge on any atom is 0.229 e. The molecule has 3 aliphatic rings. The molecule has 3 aliphatic heterocycles. The molecule has 2 saturated heterocycles. The van der Waals surface area contributed by atoms with Crippen LogP contribution in [0.15, 0.2) is 72.8 Å². The second kappa shape index (κ2) is 16.8. The van der Waals surface area contributed by atoms with Crippen molar-refractivity contribution in [2.24, 2.45) is 0 Å². The molecular weight excluding hydrogens is 768 g/mol. The lowest BCUT2D eigenvalue weighted by molar-refractivity contribution is -0.277. The summed E-state index contributed by atoms with van der Waals surface area (Å²) in [6, 6.07) is 17.2. The molecule has 0 amide bonds. The van der Waals surface area contributed by atoms with Crippen LogP contribution in [0.2, 0.25) is 0 Å². The summed E-state index contributed by atoms with van der Waals surface area (Å²) in [5.41, 5.74) is 1.69. The molecule has 310 valence electrons. The van der Waals surface area contributed by atoms with E-state index in [1.54, 1.807) is 30.4 Å². The van der Waals surface area contributed by atoms with Crippen LogP contribution in [-0.2, 0) is 9.47 Å². The minimum absolute atomic E-state index is 0.0461. The highest BCUT2D eigenvalue weighted by Gasteiger charge is 2.46. The standard InChI is InChI=1S/C40H42O18/c41-15-29-31(47)33(49)35(51)39(57-29)53-23-8-18(7-21(43)13-23)2-1-17-3-6-27-28(9-17)56-37(19-4-5-25(45)26(46)12-19)38(55-27)20-10-22(44)14-24(11-20)54-40-36(52)34(50)32(48)30(16-42)58-40/h1-14,29-52H,15-16H2/b2-1+/t29-,30-,31+,32+,33+,34+,35-,36-,37-,38-,39-,40-/m1/s1. The van der Waals surface area contributed by atoms with E-state index < -0.39 is 92.6 Å². The maximum atomic E-state index is 10.7. The lowest BCUT2D eigenvalue weighted by Crippen LogP contribution is -2.60. The second-order valence-electron chi connectivity index (χ2n) is 14.0. The van der Waals surface area contributed by atoms with Crippen molar-refractivity contribution in [1.29, 1.82) is 0 Å². The summed E-state index contributed by atoms with van der Waals surface area (Å²) in [6.07, 6.45) is -14.1. The van der Waals surface area contributed by atoms with Gasteiger partial charge in [-0.05, 0) is 59.7 Å². The predicted octanol–water partition coefficient (Wildman–Crippen LogP) is 0.291. The Labute approximate surface area is 329 Å². The number of hydrogen-bond acceptors (Lipinski definition) is 18. The molecular formula is C40H42O18. The molecule has 18 nitrogen and oxygen atoms in total. The predicted molar refractivity (Wildman–Crippen MR) is 197 cm³/mol. The molecule has 4 aromatic rings. The summed E-state index contributed by atoms with van der Waals surface area (Å²) in [5.74, 6) is -0.792. The first-order chi connectivity index (χ1) is 27.7. The van der Waals surface area contributed by atoms with Crippen molar-refractivity contribution >= 4 is 12.2 Å². The topological polar surface area (TPSA) is 298 Å². The number of phenols is 4. The fraction of sp³-hybridized carbons (Fsp3) is 0.350. The van der Waals surface area contributed by atoms with Crippen molar-refractivity contribution in [2.75, 3.05) is 13.2 Å². The number of fused-ring (bicyclic) bond motifs is 1. The van der Waals surface area contributed by atoms with Gasteiger partial charge in [-0.15, -0.1) is 0 Å². The van der Waals surface area contributed by atoms with Gasteiger partial charge in [0.05, 0.1) is 13.2 Å². The van der Waals surface area contributed by atoms with E-state index in [1.807, 2.05) is 0 Å². The van der Waals surface area contributed by atoms with Crippen molar-refractivity contribution in [2.45, 2.75) is 73.6 Å². The SMILES string of the molecule is OC[C@H]1O[C@@H](Oc2cc(O)cc(/C=C/c3ccc4c(c3)O[C@H](c3ccc(O)c(O)c3)[C@@H](c3cc(O)cc(O[C@@H]5O[C@H](CO)[C@H](O)[C@H](O)[C@H]5O)c3)O4)c2)[C@H](O)[C@@H](O)[C@H]1O. The number of aliphatic hydroxyl groups is 8. The number of ether oxygens (including phenoxy) is 6. The largest absolute Gasteiger partial charge is 0.508 e. The van der Waals surface area contributed by atoms with Crippen LogP contribution in [-0.4, -0.2) is 136 Å². The third kappa shape index (κ3) is 8.43. The Morgan fingerprint density at radius 3 is 1.64 bits per heavy atom. The Morgan fingerprint density at radius 2 is 1.03 bits per heavy atom. The van der Waals surface area contributed by atoms with E-state index in [0.29, 0.717) is 16.7 Å². The normalized spacial score (nSPS) is 30.9. The second-order valence-corrected chi connectivity index (χ2v) is 14.0. The van der Waals surface area contributed by atoms with E-state index in [9.17, 15) is 61.3 Å². The number of benzene rings is 4. The molecule has 0 bridgehead atoms. The lowest BCUT2D eigenvalue weighted by atomic mass is 9.95. The van der Waals surface area contributed by atoms with Crippen LogP contribution in [0.4, 0.5) is 0 Å². The Morgan fingerprint density at radius 1 is 0.483 bits per heavy atom. The number of hydrogen-bond donors (Lipinski definition) is 12. The third-order valence-corrected chi connectivity index (χ3v) is 9.90. The summed E-state index contributed by atoms with van der Waals surface area (Å²) >= 11 is 0. The molecule has 0 aromatic heterocycles. The molecule has 7 rings (SSSR count). The van der Waals surface area contributed by atoms with Gasteiger partial charge in [0.25, 0.3) is 0 Å². The lowest BCUT2D eigenvalue weighted by Gasteiger charge is -2.39. The maximum absolute atomic E-state index is 10.7. The molecule has 0 spiro atoms. The van der Waals surface area contributed by atoms with Crippen molar-refractivity contribution < 1.29 is 89.7 Å². The quantitative estimate of drug-likeness (QED) is 0.0757. The molecule has 58 heavy (non-hydrogen) atoms. The third-order valence-electron chi connectivity index (χ3n) is 9.90. The average molecular weight is 811 g/mol. The molecule has 0 saturated carbocycles. The van der Waals surface area contributed by atoms with E-state index >= 15 is 0 Å². The van der Waals surface area contributed by atoms with E-state index in [-0.39, 0.29) is 45.8 Å². The Hall–Kier alpha value is -5.38. The summed E-state index contributed by atoms with van der Waals surface area (Å²) < 4.78 is 35.2. The van der Waals surface area contributed by atoms with E-state index in [4.69, 9.17) is 28.4 Å². The van der Waals surface area contributed by atoms with E-state index in [0.717, 1.165) is 0 Å². The van der Waals surface area contributed by atoms with Crippen LogP contribution < -0.4 is 18.9 Å². The van der Waals surface area contributed by atoms with Crippen LogP contribution >= 0.6 is 0 Å². The van der Waals surface area contributed by atoms with Gasteiger partial charge in [0.1, 0.15) is 71.8 Å². The van der Waals surface area contributed by atoms with Gasteiger partial charge in [-0.25, -0.2) is 0 Å². The average Bonchev–Trinajstić information content (AvgIpc) is 3.20. The van der Waals surface area contributed by atoms with E-state index in [1.165, 1.54) is 54.6 Å². The minimum atomic E-state index is -1.72. The van der Waals surface area contributed by atoms with Gasteiger partial charge in [0.15, 0.2) is 35.2 Å². The van der Waals surface area contributed by atoms with Crippen molar-refractivity contribution in [1.82, 2.24) is 0 Å². The Balaban J connectivity index is 1.14. The number of aromatic hydroxyl groups is 4. The summed E-state index contributed by atoms with van der Waals surface area (Å²) in [4.78, 5) is 0. The zero-order valence-corrected chi connectivity index (χ0v) is 30.2. The monoisotopic (exact) mass is 810 g/mol. The number of phenolic OH excluding ortho intramolecular Hbond substituents is 4. The first-order valence-corrected chi connectivity index (χ1v) is 18.0. The van der Waals surface area contributed by atoms with Crippen molar-refractivity contribution in [3.05, 3.63) is 95.1 Å². The highest BCUT2D eigenvalue weighted by Crippen LogP contribution is 2.48. The summed E-state index contributed by atoms with van der Waals surface area (Å²) in [6.45, 7) is -1.32. The molecule has 0 aliphatic carbocycles. The van der Waals surface area contributed by atoms with Gasteiger partial charge in [0.2, 0.25) is 12.6 Å². The van der Waals surface area contributed by atoms with Crippen LogP contribution in [0, 0.1) is 0 Å². The summed E-state index contributed by atoms with van der Waals surface area (Å²) in [7, 11) is 0. The molecule has 0 radical (unpaired) electrons. The van der Waals surface area contributed by atoms with Crippen LogP contribution in [0.25, 0.3) is 12.2 Å². The molecule has 4 aromatic carbocycles. The first kappa shape index (κ1) is 40.8. The molecule has 12 atom stereocenters. The van der Waals surface area contributed by atoms with E-state index in [2.05, 4.69) is 0 Å². The van der Waals surface area contributed by atoms with Crippen molar-refractivity contribution in [3.63, 3.8) is 0 Å². The van der Waals surface area contributed by atoms with Gasteiger partial charge < -0.3 is 89.7 Å². The number of aliphatic hydroxyl groups excluding tert-OH is 8. The van der Waals surface area contributed by atoms with Gasteiger partial charge in [-0.3, -0.25) is 0 Å². The van der Waals surface area contributed by atoms with Gasteiger partial charge in [-0.1, -0.05) is 24.3 Å². The van der Waals surface area contributed by atoms with Crippen molar-refractivity contribution in [3.8, 4) is 46.0 Å². The molecule has 0 unspecified atom stereocenters. The van der Waals surface area contributed by atoms with Gasteiger partial charge >= 0.3 is 0 Å². The summed E-state index contributed by atoms with van der Waals surface area (Å²) in [5, 5.41) is 122. The van der Waals surface area contributed by atoms with Gasteiger partial charge in [-0.2, -0.15) is 0 Å². The molecule has 12 N–H and O–H groups in total. The Bertz CT molecular complexity index is 2110. The zero-order chi connectivity index (χ0) is 41.4. The molecule has 18 heteroatoms.